The first-order valence-corrected chi connectivity index (χ1v) is 14.8. The summed E-state index contributed by atoms with van der Waals surface area (Å²) < 4.78 is 5.79. The van der Waals surface area contributed by atoms with E-state index >= 15 is 0 Å². The molecule has 26 heavy (non-hydrogen) atoms. The highest BCUT2D eigenvalue weighted by molar-refractivity contribution is 7.77. The molecule has 0 amide bonds. The molecule has 0 aliphatic heterocycles. The van der Waals surface area contributed by atoms with Gasteiger partial charge >= 0.3 is 0 Å². The normalized spacial score (nSPS) is 13.6. The Kier molecular flexibility index (Phi) is 5.81. The fraction of sp³-hybridized carbons (Fsp3) is 0.478. The van der Waals surface area contributed by atoms with Crippen molar-refractivity contribution in [2.45, 2.75) is 71.5 Å². The second kappa shape index (κ2) is 7.13. The smallest absolute Gasteiger partial charge is 0.170 e. The molecule has 0 saturated carbocycles. The summed E-state index contributed by atoms with van der Waals surface area (Å²) in [5, 5.41) is 1.68. The average Bonchev–Trinajstić information content (AvgIpc) is 2.50. The quantitative estimate of drug-likeness (QED) is 0.381. The Hall–Kier alpha value is -1.11. The largest absolute Gasteiger partial charge is 0.333 e. The van der Waals surface area contributed by atoms with Crippen LogP contribution < -0.4 is 5.30 Å². The summed E-state index contributed by atoms with van der Waals surface area (Å²) in [5.74, 6) is 0. The lowest BCUT2D eigenvalue weighted by Gasteiger charge is -2.49. The number of rotatable bonds is 3. The van der Waals surface area contributed by atoms with Crippen LogP contribution in [0.2, 0.25) is 19.6 Å². The van der Waals surface area contributed by atoms with Crippen molar-refractivity contribution in [3.8, 4) is 11.1 Å². The Morgan fingerprint density at radius 2 is 1.15 bits per heavy atom. The van der Waals surface area contributed by atoms with Crippen LogP contribution in [0.15, 0.2) is 59.0 Å². The van der Waals surface area contributed by atoms with E-state index in [9.17, 15) is 0 Å². The van der Waals surface area contributed by atoms with Crippen molar-refractivity contribution >= 4 is 20.6 Å². The zero-order valence-electron chi connectivity index (χ0n) is 18.1. The van der Waals surface area contributed by atoms with Gasteiger partial charge in [-0.15, -0.1) is 0 Å². The van der Waals surface area contributed by atoms with E-state index in [4.69, 9.17) is 4.41 Å². The highest BCUT2D eigenvalue weighted by Gasteiger charge is 2.46. The van der Waals surface area contributed by atoms with Gasteiger partial charge in [-0.25, -0.2) is 0 Å². The fourth-order valence-corrected chi connectivity index (χ4v) is 14.9. The second-order valence-corrected chi connectivity index (χ2v) is 19.7. The molecule has 0 atom stereocenters. The standard InChI is InChI=1S/C23H36NPSi/c1-22(2,3)25(23(4,5)6,24-26(7,8)9)21-18-14-13-17-20(21)19-15-11-10-12-16-19/h10-18H,1-9H3. The predicted molar refractivity (Wildman–Crippen MR) is 124 cm³/mol. The van der Waals surface area contributed by atoms with Gasteiger partial charge in [0.1, 0.15) is 0 Å². The van der Waals surface area contributed by atoms with Crippen LogP contribution >= 0.6 is 7.05 Å². The summed E-state index contributed by atoms with van der Waals surface area (Å²) >= 11 is 0. The maximum Gasteiger partial charge on any atom is 0.170 e. The molecule has 0 fully saturated rings. The highest BCUT2D eigenvalue weighted by atomic mass is 31.2. The van der Waals surface area contributed by atoms with Gasteiger partial charge in [-0.3, -0.25) is 0 Å². The molecule has 0 saturated heterocycles. The lowest BCUT2D eigenvalue weighted by Crippen LogP contribution is -2.38. The van der Waals surface area contributed by atoms with E-state index in [2.05, 4.69) is 116 Å². The maximum atomic E-state index is 5.79. The minimum Gasteiger partial charge on any atom is -0.333 e. The van der Waals surface area contributed by atoms with Gasteiger partial charge in [0, 0.05) is 10.3 Å². The van der Waals surface area contributed by atoms with Gasteiger partial charge in [-0.1, -0.05) is 116 Å². The molecule has 0 bridgehead atoms. The van der Waals surface area contributed by atoms with E-state index in [0.29, 0.717) is 0 Å². The van der Waals surface area contributed by atoms with Gasteiger partial charge in [0.2, 0.25) is 0 Å². The highest BCUT2D eigenvalue weighted by Crippen LogP contribution is 2.70. The lowest BCUT2D eigenvalue weighted by molar-refractivity contribution is 0.704. The van der Waals surface area contributed by atoms with E-state index in [0.717, 1.165) is 0 Å². The topological polar surface area (TPSA) is 12.4 Å². The SMILES string of the molecule is CC(C)(C)P(=N[Si](C)(C)C)(c1ccccc1-c1ccccc1)C(C)(C)C. The molecule has 1 nitrogen and oxygen atoms in total. The van der Waals surface area contributed by atoms with Gasteiger partial charge in [0.25, 0.3) is 0 Å². The van der Waals surface area contributed by atoms with Gasteiger partial charge in [-0.05, 0) is 23.5 Å². The molecular formula is C23H36NPSi. The van der Waals surface area contributed by atoms with Crippen molar-refractivity contribution in [2.75, 3.05) is 0 Å². The molecule has 2 aromatic rings. The van der Waals surface area contributed by atoms with Crippen LogP contribution in [0.3, 0.4) is 0 Å². The summed E-state index contributed by atoms with van der Waals surface area (Å²) in [6.07, 6.45) is 0. The molecule has 0 aliphatic rings. The first kappa shape index (κ1) is 21.2. The van der Waals surface area contributed by atoms with E-state index in [1.54, 1.807) is 0 Å². The van der Waals surface area contributed by atoms with Crippen molar-refractivity contribution in [1.82, 2.24) is 0 Å². The van der Waals surface area contributed by atoms with Crippen LogP contribution in [0.25, 0.3) is 11.1 Å². The van der Waals surface area contributed by atoms with Gasteiger partial charge in [-0.2, -0.15) is 0 Å². The number of hydrogen-bond donors (Lipinski definition) is 0. The molecule has 0 aliphatic carbocycles. The molecule has 0 unspecified atom stereocenters. The first-order chi connectivity index (χ1) is 11.8. The maximum absolute atomic E-state index is 5.79. The van der Waals surface area contributed by atoms with E-state index in [-0.39, 0.29) is 10.3 Å². The molecular weight excluding hydrogens is 349 g/mol. The Bertz CT molecular complexity index is 785. The molecule has 0 spiro atoms. The Morgan fingerprint density at radius 1 is 0.692 bits per heavy atom. The van der Waals surface area contributed by atoms with Gasteiger partial charge in [0.05, 0.1) is 0 Å². The first-order valence-electron chi connectivity index (χ1n) is 9.58. The van der Waals surface area contributed by atoms with Crippen molar-refractivity contribution in [3.05, 3.63) is 54.6 Å². The Balaban J connectivity index is 3.01. The van der Waals surface area contributed by atoms with Crippen LogP contribution in [0.4, 0.5) is 0 Å². The van der Waals surface area contributed by atoms with Crippen molar-refractivity contribution < 1.29 is 0 Å². The average molecular weight is 386 g/mol. The fourth-order valence-electron chi connectivity index (χ4n) is 4.15. The molecule has 0 radical (unpaired) electrons. The molecule has 2 rings (SSSR count). The van der Waals surface area contributed by atoms with E-state index in [1.807, 2.05) is 0 Å². The molecule has 2 aromatic carbocycles. The summed E-state index contributed by atoms with van der Waals surface area (Å²) in [5.41, 5.74) is 2.65. The predicted octanol–water partition coefficient (Wildman–Crippen LogP) is 7.61. The third-order valence-corrected chi connectivity index (χ3v) is 13.3. The number of benzene rings is 2. The van der Waals surface area contributed by atoms with Gasteiger partial charge in [0.15, 0.2) is 8.24 Å². The van der Waals surface area contributed by atoms with E-state index < -0.39 is 15.3 Å². The summed E-state index contributed by atoms with van der Waals surface area (Å²) in [7, 11) is -3.50. The molecule has 0 N–H and O–H groups in total. The second-order valence-electron chi connectivity index (χ2n) is 10.1. The number of hydrogen-bond acceptors (Lipinski definition) is 1. The monoisotopic (exact) mass is 385 g/mol. The minimum absolute atomic E-state index is 0.108. The van der Waals surface area contributed by atoms with Crippen LogP contribution in [0.5, 0.6) is 0 Å². The molecule has 3 heteroatoms. The van der Waals surface area contributed by atoms with Crippen LogP contribution in [0, 0.1) is 0 Å². The van der Waals surface area contributed by atoms with Gasteiger partial charge < -0.3 is 4.41 Å². The lowest BCUT2D eigenvalue weighted by atomic mass is 10.1. The van der Waals surface area contributed by atoms with Crippen molar-refractivity contribution in [3.63, 3.8) is 0 Å². The van der Waals surface area contributed by atoms with Crippen LogP contribution in [-0.2, 0) is 0 Å². The summed E-state index contributed by atoms with van der Waals surface area (Å²) in [4.78, 5) is 0. The molecule has 142 valence electrons. The third-order valence-electron chi connectivity index (χ3n) is 4.73. The van der Waals surface area contributed by atoms with Crippen LogP contribution in [-0.4, -0.2) is 18.5 Å². The zero-order valence-corrected chi connectivity index (χ0v) is 20.0. The minimum atomic E-state index is -1.85. The third kappa shape index (κ3) is 4.07. The summed E-state index contributed by atoms with van der Waals surface area (Å²) in [6.45, 7) is 21.5. The summed E-state index contributed by atoms with van der Waals surface area (Å²) in [6, 6.07) is 19.8. The van der Waals surface area contributed by atoms with E-state index in [1.165, 1.54) is 16.4 Å². The zero-order chi connectivity index (χ0) is 19.8. The van der Waals surface area contributed by atoms with Crippen molar-refractivity contribution in [1.29, 1.82) is 0 Å². The number of nitrogens with zero attached hydrogens (tertiary/aromatic N) is 1. The Morgan fingerprint density at radius 3 is 1.62 bits per heavy atom. The Labute approximate surface area is 162 Å². The molecule has 0 heterocycles. The molecule has 0 aromatic heterocycles. The van der Waals surface area contributed by atoms with Crippen LogP contribution in [0.1, 0.15) is 41.5 Å². The van der Waals surface area contributed by atoms with Crippen molar-refractivity contribution in [2.24, 2.45) is 4.41 Å².